The smallest absolute Gasteiger partial charge is 0.275 e. The zero-order valence-electron chi connectivity index (χ0n) is 14.8. The van der Waals surface area contributed by atoms with Gasteiger partial charge >= 0.3 is 0 Å². The number of benzene rings is 2. The summed E-state index contributed by atoms with van der Waals surface area (Å²) >= 11 is 0. The van der Waals surface area contributed by atoms with Crippen molar-refractivity contribution in [2.45, 2.75) is 18.9 Å². The quantitative estimate of drug-likeness (QED) is 0.788. The van der Waals surface area contributed by atoms with E-state index < -0.39 is 5.91 Å². The van der Waals surface area contributed by atoms with Crippen molar-refractivity contribution < 1.29 is 4.79 Å². The maximum atomic E-state index is 13.0. The lowest BCUT2D eigenvalue weighted by Gasteiger charge is -2.34. The number of carbonyl (C=O) groups excluding carboxylic acids is 1. The van der Waals surface area contributed by atoms with Crippen LogP contribution in [0.5, 0.6) is 0 Å². The van der Waals surface area contributed by atoms with Gasteiger partial charge in [0.25, 0.3) is 5.56 Å². The van der Waals surface area contributed by atoms with E-state index in [1.807, 2.05) is 36.0 Å². The third kappa shape index (κ3) is 2.58. The molecule has 0 bridgehead atoms. The van der Waals surface area contributed by atoms with Crippen molar-refractivity contribution in [1.82, 2.24) is 9.36 Å². The molecule has 1 saturated heterocycles. The van der Waals surface area contributed by atoms with Crippen LogP contribution < -0.4 is 16.2 Å². The fourth-order valence-electron chi connectivity index (χ4n) is 4.02. The number of aromatic nitrogens is 2. The fraction of sp³-hybridized carbons (Fsp3) is 0.300. The molecule has 1 aliphatic heterocycles. The van der Waals surface area contributed by atoms with Crippen LogP contribution in [0.2, 0.25) is 0 Å². The molecule has 3 aromatic rings. The van der Waals surface area contributed by atoms with Gasteiger partial charge in [0.05, 0.1) is 22.5 Å². The van der Waals surface area contributed by atoms with Gasteiger partial charge in [0, 0.05) is 25.8 Å². The highest BCUT2D eigenvalue weighted by atomic mass is 16.1. The number of hydrogen-bond donors (Lipinski definition) is 1. The van der Waals surface area contributed by atoms with Gasteiger partial charge in [-0.2, -0.15) is 0 Å². The minimum atomic E-state index is -0.565. The highest BCUT2D eigenvalue weighted by Crippen LogP contribution is 2.27. The Bertz CT molecular complexity index is 1010. The third-order valence-corrected chi connectivity index (χ3v) is 5.33. The highest BCUT2D eigenvalue weighted by Gasteiger charge is 2.26. The molecule has 2 N–H and O–H groups in total. The molecule has 1 amide bonds. The van der Waals surface area contributed by atoms with Crippen LogP contribution >= 0.6 is 0 Å². The first kappa shape index (κ1) is 16.4. The summed E-state index contributed by atoms with van der Waals surface area (Å²) in [5.74, 6) is -0.565. The van der Waals surface area contributed by atoms with Crippen LogP contribution in [0.3, 0.4) is 0 Å². The van der Waals surface area contributed by atoms with Crippen LogP contribution in [0.4, 0.5) is 5.69 Å². The maximum absolute atomic E-state index is 13.0. The first-order valence-corrected chi connectivity index (χ1v) is 8.88. The summed E-state index contributed by atoms with van der Waals surface area (Å²) in [6.07, 6.45) is 1.76. The first-order valence-electron chi connectivity index (χ1n) is 8.88. The molecule has 134 valence electrons. The van der Waals surface area contributed by atoms with E-state index in [1.165, 1.54) is 5.69 Å². The highest BCUT2D eigenvalue weighted by molar-refractivity contribution is 6.05. The molecule has 6 nitrogen and oxygen atoms in total. The molecular formula is C20H22N4O2. The number of rotatable bonds is 3. The van der Waals surface area contributed by atoms with Crippen LogP contribution in [0.15, 0.2) is 53.3 Å². The minimum Gasteiger partial charge on any atom is -0.371 e. The number of nitrogens with two attached hydrogens (primary N) is 1. The largest absolute Gasteiger partial charge is 0.371 e. The van der Waals surface area contributed by atoms with Crippen LogP contribution in [-0.4, -0.2) is 28.4 Å². The predicted octanol–water partition coefficient (Wildman–Crippen LogP) is 2.28. The van der Waals surface area contributed by atoms with E-state index in [0.29, 0.717) is 10.9 Å². The van der Waals surface area contributed by atoms with Crippen LogP contribution in [0, 0.1) is 0 Å². The molecule has 2 heterocycles. The number of primary amides is 1. The average molecular weight is 350 g/mol. The molecule has 0 spiro atoms. The van der Waals surface area contributed by atoms with Gasteiger partial charge in [-0.25, -0.2) is 4.68 Å². The van der Waals surface area contributed by atoms with Crippen molar-refractivity contribution in [1.29, 1.82) is 0 Å². The standard InChI is InChI=1S/C20H22N4O2/c1-22-17-9-5-8-16(19(21)25)18(17)20(26)24(22)15-10-12-23(13-11-15)14-6-3-2-4-7-14/h2-9,15H,10-13H2,1H3,(H2,21,25). The monoisotopic (exact) mass is 350 g/mol. The minimum absolute atomic E-state index is 0.112. The molecule has 0 saturated carbocycles. The van der Waals surface area contributed by atoms with E-state index >= 15 is 0 Å². The second-order valence-corrected chi connectivity index (χ2v) is 6.79. The Kier molecular flexibility index (Phi) is 4.03. The van der Waals surface area contributed by atoms with Crippen molar-refractivity contribution in [2.24, 2.45) is 12.8 Å². The SMILES string of the molecule is Cn1c2cccc(C(N)=O)c2c(=O)n1C1CCN(c2ccccc2)CC1. The number of fused-ring (bicyclic) bond motifs is 1. The number of amides is 1. The van der Waals surface area contributed by atoms with Gasteiger partial charge in [-0.1, -0.05) is 24.3 Å². The van der Waals surface area contributed by atoms with Gasteiger partial charge in [-0.05, 0) is 37.1 Å². The van der Waals surface area contributed by atoms with E-state index in [0.717, 1.165) is 31.4 Å². The molecule has 6 heteroatoms. The Morgan fingerprint density at radius 3 is 2.38 bits per heavy atom. The molecular weight excluding hydrogens is 328 g/mol. The van der Waals surface area contributed by atoms with Crippen molar-refractivity contribution in [3.63, 3.8) is 0 Å². The van der Waals surface area contributed by atoms with Crippen molar-refractivity contribution >= 4 is 22.5 Å². The van der Waals surface area contributed by atoms with Crippen LogP contribution in [0.25, 0.3) is 10.9 Å². The topological polar surface area (TPSA) is 73.3 Å². The summed E-state index contributed by atoms with van der Waals surface area (Å²) in [7, 11) is 1.87. The number of carbonyl (C=O) groups is 1. The van der Waals surface area contributed by atoms with Gasteiger partial charge in [-0.15, -0.1) is 0 Å². The summed E-state index contributed by atoms with van der Waals surface area (Å²) in [6.45, 7) is 1.79. The fourth-order valence-corrected chi connectivity index (χ4v) is 4.02. The molecule has 0 atom stereocenters. The zero-order valence-corrected chi connectivity index (χ0v) is 14.8. The molecule has 2 aromatic carbocycles. The van der Waals surface area contributed by atoms with Gasteiger partial charge in [0.15, 0.2) is 0 Å². The lowest BCUT2D eigenvalue weighted by atomic mass is 10.0. The van der Waals surface area contributed by atoms with Crippen molar-refractivity contribution in [3.05, 3.63) is 64.4 Å². The summed E-state index contributed by atoms with van der Waals surface area (Å²) in [5.41, 5.74) is 7.59. The first-order chi connectivity index (χ1) is 12.6. The second-order valence-electron chi connectivity index (χ2n) is 6.79. The number of piperidine rings is 1. The molecule has 0 aliphatic carbocycles. The Labute approximate surface area is 151 Å². The van der Waals surface area contributed by atoms with E-state index in [9.17, 15) is 9.59 Å². The average Bonchev–Trinajstić information content (AvgIpc) is 2.93. The van der Waals surface area contributed by atoms with Crippen molar-refractivity contribution in [3.8, 4) is 0 Å². The Hall–Kier alpha value is -3.02. The number of nitrogens with zero attached hydrogens (tertiary/aromatic N) is 3. The molecule has 1 aromatic heterocycles. The lowest BCUT2D eigenvalue weighted by Crippen LogP contribution is -2.38. The van der Waals surface area contributed by atoms with Gasteiger partial charge in [0.1, 0.15) is 0 Å². The number of hydrogen-bond acceptors (Lipinski definition) is 3. The number of anilines is 1. The summed E-state index contributed by atoms with van der Waals surface area (Å²) in [4.78, 5) is 27.1. The van der Waals surface area contributed by atoms with Gasteiger partial charge in [-0.3, -0.25) is 14.3 Å². The van der Waals surface area contributed by atoms with E-state index in [-0.39, 0.29) is 11.6 Å². The molecule has 26 heavy (non-hydrogen) atoms. The Balaban J connectivity index is 1.67. The van der Waals surface area contributed by atoms with Crippen LogP contribution in [-0.2, 0) is 7.05 Å². The Morgan fingerprint density at radius 1 is 1.04 bits per heavy atom. The van der Waals surface area contributed by atoms with Gasteiger partial charge < -0.3 is 10.6 Å². The van der Waals surface area contributed by atoms with E-state index in [2.05, 4.69) is 17.0 Å². The Morgan fingerprint density at radius 2 is 1.73 bits per heavy atom. The summed E-state index contributed by atoms with van der Waals surface area (Å²) in [6, 6.07) is 15.7. The number of para-hydroxylation sites is 1. The third-order valence-electron chi connectivity index (χ3n) is 5.33. The molecule has 0 radical (unpaired) electrons. The van der Waals surface area contributed by atoms with Crippen LogP contribution in [0.1, 0.15) is 29.2 Å². The normalized spacial score (nSPS) is 15.5. The summed E-state index contributed by atoms with van der Waals surface area (Å²) < 4.78 is 3.66. The predicted molar refractivity (Wildman–Crippen MR) is 103 cm³/mol. The number of aryl methyl sites for hydroxylation is 1. The maximum Gasteiger partial charge on any atom is 0.275 e. The summed E-state index contributed by atoms with van der Waals surface area (Å²) in [5, 5.41) is 0.424. The van der Waals surface area contributed by atoms with Crippen molar-refractivity contribution in [2.75, 3.05) is 18.0 Å². The van der Waals surface area contributed by atoms with E-state index in [4.69, 9.17) is 5.73 Å². The zero-order chi connectivity index (χ0) is 18.3. The van der Waals surface area contributed by atoms with E-state index in [1.54, 1.807) is 16.8 Å². The molecule has 1 aliphatic rings. The second kappa shape index (κ2) is 6.37. The molecule has 4 rings (SSSR count). The molecule has 0 unspecified atom stereocenters. The van der Waals surface area contributed by atoms with Gasteiger partial charge in [0.2, 0.25) is 5.91 Å². The molecule has 1 fully saturated rings. The lowest BCUT2D eigenvalue weighted by molar-refractivity contribution is 0.100.